The van der Waals surface area contributed by atoms with Crippen LogP contribution in [0, 0.1) is 0 Å². The minimum Gasteiger partial charge on any atom is -0.352 e. The molecule has 0 aromatic heterocycles. The summed E-state index contributed by atoms with van der Waals surface area (Å²) in [5.41, 5.74) is 0. The maximum atomic E-state index is 10.9. The van der Waals surface area contributed by atoms with Crippen molar-refractivity contribution in [3.05, 3.63) is 12.7 Å². The molecule has 0 spiro atoms. The van der Waals surface area contributed by atoms with Gasteiger partial charge in [-0.1, -0.05) is 13.0 Å². The van der Waals surface area contributed by atoms with Gasteiger partial charge in [0.2, 0.25) is 5.91 Å². The minimum atomic E-state index is -0.181. The lowest BCUT2D eigenvalue weighted by atomic mass is 10.3. The van der Waals surface area contributed by atoms with Crippen LogP contribution in [0.4, 0.5) is 0 Å². The molecule has 0 fully saturated rings. The van der Waals surface area contributed by atoms with Gasteiger partial charge in [-0.05, 0) is 6.42 Å². The molecule has 0 aromatic rings. The highest BCUT2D eigenvalue weighted by molar-refractivity contribution is 7.81. The first kappa shape index (κ1) is 9.56. The number of rotatable bonds is 4. The van der Waals surface area contributed by atoms with Crippen LogP contribution in [-0.2, 0) is 4.79 Å². The Morgan fingerprint density at radius 3 is 2.90 bits per heavy atom. The summed E-state index contributed by atoms with van der Waals surface area (Å²) in [7, 11) is 0. The molecule has 10 heavy (non-hydrogen) atoms. The standard InChI is InChI=1S/C7H13NOS/c1-3-5-8-7(9)6(10)4-2/h3,6,10H,1,4-5H2,2H3,(H,8,9). The summed E-state index contributed by atoms with van der Waals surface area (Å²) < 4.78 is 0. The van der Waals surface area contributed by atoms with E-state index in [4.69, 9.17) is 0 Å². The maximum Gasteiger partial charge on any atom is 0.233 e. The summed E-state index contributed by atoms with van der Waals surface area (Å²) in [6, 6.07) is 0. The van der Waals surface area contributed by atoms with Gasteiger partial charge in [-0.2, -0.15) is 12.6 Å². The summed E-state index contributed by atoms with van der Waals surface area (Å²) in [6.07, 6.45) is 2.40. The van der Waals surface area contributed by atoms with Crippen molar-refractivity contribution in [2.24, 2.45) is 0 Å². The highest BCUT2D eigenvalue weighted by Gasteiger charge is 2.08. The smallest absolute Gasteiger partial charge is 0.233 e. The molecule has 0 aliphatic heterocycles. The lowest BCUT2D eigenvalue weighted by Gasteiger charge is -2.06. The fourth-order valence-electron chi connectivity index (χ4n) is 0.476. The number of carbonyl (C=O) groups excluding carboxylic acids is 1. The quantitative estimate of drug-likeness (QED) is 0.465. The van der Waals surface area contributed by atoms with Gasteiger partial charge in [0.25, 0.3) is 0 Å². The van der Waals surface area contributed by atoms with Crippen LogP contribution in [0.2, 0.25) is 0 Å². The second-order valence-electron chi connectivity index (χ2n) is 1.96. The van der Waals surface area contributed by atoms with Crippen molar-refractivity contribution in [2.45, 2.75) is 18.6 Å². The second kappa shape index (κ2) is 5.35. The first-order valence-corrected chi connectivity index (χ1v) is 3.80. The van der Waals surface area contributed by atoms with Crippen LogP contribution in [0.1, 0.15) is 13.3 Å². The van der Waals surface area contributed by atoms with Crippen molar-refractivity contribution in [3.8, 4) is 0 Å². The zero-order valence-electron chi connectivity index (χ0n) is 6.13. The Morgan fingerprint density at radius 1 is 1.90 bits per heavy atom. The summed E-state index contributed by atoms with van der Waals surface area (Å²) in [6.45, 7) is 5.92. The molecule has 0 rings (SSSR count). The third-order valence-corrected chi connectivity index (χ3v) is 1.71. The van der Waals surface area contributed by atoms with E-state index in [2.05, 4.69) is 24.5 Å². The Labute approximate surface area is 67.1 Å². The van der Waals surface area contributed by atoms with Gasteiger partial charge >= 0.3 is 0 Å². The molecule has 0 saturated heterocycles. The van der Waals surface area contributed by atoms with E-state index in [0.717, 1.165) is 6.42 Å². The molecule has 0 aliphatic rings. The topological polar surface area (TPSA) is 29.1 Å². The molecule has 1 atom stereocenters. The molecule has 0 aliphatic carbocycles. The van der Waals surface area contributed by atoms with Crippen molar-refractivity contribution < 1.29 is 4.79 Å². The highest BCUT2D eigenvalue weighted by atomic mass is 32.1. The van der Waals surface area contributed by atoms with Crippen LogP contribution in [0.15, 0.2) is 12.7 Å². The Bertz CT molecular complexity index is 125. The monoisotopic (exact) mass is 159 g/mol. The first-order chi connectivity index (χ1) is 4.72. The minimum absolute atomic E-state index is 0.0225. The predicted octanol–water partition coefficient (Wildman–Crippen LogP) is 0.997. The van der Waals surface area contributed by atoms with Gasteiger partial charge < -0.3 is 5.32 Å². The van der Waals surface area contributed by atoms with E-state index >= 15 is 0 Å². The number of thiol groups is 1. The predicted molar refractivity (Wildman–Crippen MR) is 46.3 cm³/mol. The highest BCUT2D eigenvalue weighted by Crippen LogP contribution is 1.98. The van der Waals surface area contributed by atoms with E-state index in [-0.39, 0.29) is 11.2 Å². The van der Waals surface area contributed by atoms with Crippen molar-refractivity contribution in [2.75, 3.05) is 6.54 Å². The maximum absolute atomic E-state index is 10.9. The first-order valence-electron chi connectivity index (χ1n) is 3.29. The van der Waals surface area contributed by atoms with E-state index < -0.39 is 0 Å². The second-order valence-corrected chi connectivity index (χ2v) is 2.58. The van der Waals surface area contributed by atoms with Gasteiger partial charge in [0.05, 0.1) is 5.25 Å². The molecule has 0 heterocycles. The molecule has 1 unspecified atom stereocenters. The average Bonchev–Trinajstić information content (AvgIpc) is 1.98. The Kier molecular flexibility index (Phi) is 5.12. The Morgan fingerprint density at radius 2 is 2.50 bits per heavy atom. The van der Waals surface area contributed by atoms with E-state index in [1.165, 1.54) is 0 Å². The third kappa shape index (κ3) is 3.56. The molecule has 3 heteroatoms. The van der Waals surface area contributed by atoms with E-state index in [0.29, 0.717) is 6.54 Å². The molecular weight excluding hydrogens is 146 g/mol. The number of amides is 1. The molecule has 0 aromatic carbocycles. The zero-order valence-corrected chi connectivity index (χ0v) is 7.03. The van der Waals surface area contributed by atoms with Crippen molar-refractivity contribution >= 4 is 18.5 Å². The lowest BCUT2D eigenvalue weighted by Crippen LogP contribution is -2.30. The number of nitrogens with one attached hydrogen (secondary N) is 1. The fraction of sp³-hybridized carbons (Fsp3) is 0.571. The van der Waals surface area contributed by atoms with Crippen LogP contribution in [-0.4, -0.2) is 17.7 Å². The summed E-state index contributed by atoms with van der Waals surface area (Å²) in [5.74, 6) is -0.0225. The number of carbonyl (C=O) groups is 1. The molecule has 2 nitrogen and oxygen atoms in total. The Balaban J connectivity index is 3.51. The van der Waals surface area contributed by atoms with Gasteiger partial charge in [0, 0.05) is 6.54 Å². The van der Waals surface area contributed by atoms with Crippen LogP contribution >= 0.6 is 12.6 Å². The van der Waals surface area contributed by atoms with Gasteiger partial charge in [0.15, 0.2) is 0 Å². The van der Waals surface area contributed by atoms with Gasteiger partial charge in [-0.3, -0.25) is 4.79 Å². The lowest BCUT2D eigenvalue weighted by molar-refractivity contribution is -0.120. The molecule has 0 radical (unpaired) electrons. The molecule has 0 bridgehead atoms. The van der Waals surface area contributed by atoms with E-state index in [1.807, 2.05) is 6.92 Å². The molecule has 0 saturated carbocycles. The van der Waals surface area contributed by atoms with Crippen LogP contribution in [0.5, 0.6) is 0 Å². The number of hydrogen-bond donors (Lipinski definition) is 2. The van der Waals surface area contributed by atoms with Crippen molar-refractivity contribution in [1.29, 1.82) is 0 Å². The van der Waals surface area contributed by atoms with Crippen LogP contribution in [0.25, 0.3) is 0 Å². The zero-order chi connectivity index (χ0) is 7.98. The van der Waals surface area contributed by atoms with Gasteiger partial charge in [-0.15, -0.1) is 6.58 Å². The van der Waals surface area contributed by atoms with Crippen molar-refractivity contribution in [1.82, 2.24) is 5.32 Å². The number of hydrogen-bond acceptors (Lipinski definition) is 2. The molecular formula is C7H13NOS. The van der Waals surface area contributed by atoms with Crippen LogP contribution in [0.3, 0.4) is 0 Å². The summed E-state index contributed by atoms with van der Waals surface area (Å²) in [4.78, 5) is 10.9. The van der Waals surface area contributed by atoms with E-state index in [9.17, 15) is 4.79 Å². The fourth-order valence-corrected chi connectivity index (χ4v) is 0.567. The van der Waals surface area contributed by atoms with Crippen LogP contribution < -0.4 is 5.32 Å². The largest absolute Gasteiger partial charge is 0.352 e. The third-order valence-electron chi connectivity index (χ3n) is 1.11. The van der Waals surface area contributed by atoms with Crippen molar-refractivity contribution in [3.63, 3.8) is 0 Å². The van der Waals surface area contributed by atoms with E-state index in [1.54, 1.807) is 6.08 Å². The summed E-state index contributed by atoms with van der Waals surface area (Å²) >= 11 is 4.05. The molecule has 58 valence electrons. The van der Waals surface area contributed by atoms with Gasteiger partial charge in [0.1, 0.15) is 0 Å². The SMILES string of the molecule is C=CCNC(=O)C(S)CC. The van der Waals surface area contributed by atoms with Gasteiger partial charge in [-0.25, -0.2) is 0 Å². The molecule has 1 N–H and O–H groups in total. The normalized spacial score (nSPS) is 12.2. The molecule has 1 amide bonds. The Hall–Kier alpha value is -0.440. The average molecular weight is 159 g/mol. The summed E-state index contributed by atoms with van der Waals surface area (Å²) in [5, 5.41) is 2.47.